The molecule has 0 aromatic heterocycles. The number of nitrogens with one attached hydrogen (secondary N) is 1. The lowest BCUT2D eigenvalue weighted by Gasteiger charge is -2.17. The van der Waals surface area contributed by atoms with Gasteiger partial charge in [0.05, 0.1) is 28.7 Å². The molecule has 1 atom stereocenters. The first-order chi connectivity index (χ1) is 18.4. The number of rotatable bonds is 8. The van der Waals surface area contributed by atoms with Crippen molar-refractivity contribution in [3.05, 3.63) is 99.6 Å². The molecule has 0 aliphatic carbocycles. The van der Waals surface area contributed by atoms with E-state index >= 15 is 0 Å². The van der Waals surface area contributed by atoms with Crippen LogP contribution in [0.3, 0.4) is 0 Å². The normalized spacial score (nSPS) is 16.6. The second-order valence-corrected chi connectivity index (χ2v) is 8.86. The number of anilines is 1. The average Bonchev–Trinajstić information content (AvgIpc) is 3.51. The van der Waals surface area contributed by atoms with Crippen LogP contribution < -0.4 is 10.1 Å². The summed E-state index contributed by atoms with van der Waals surface area (Å²) in [7, 11) is 0. The molecule has 10 nitrogen and oxygen atoms in total. The number of nitro groups is 1. The summed E-state index contributed by atoms with van der Waals surface area (Å²) in [5, 5.41) is 13.5. The van der Waals surface area contributed by atoms with Crippen molar-refractivity contribution in [2.75, 3.05) is 18.5 Å². The van der Waals surface area contributed by atoms with Crippen LogP contribution in [0.2, 0.25) is 0 Å². The number of hydrogen-bond acceptors (Lipinski definition) is 7. The van der Waals surface area contributed by atoms with Crippen LogP contribution in [-0.2, 0) is 9.53 Å². The van der Waals surface area contributed by atoms with Gasteiger partial charge >= 0.3 is 0 Å². The van der Waals surface area contributed by atoms with Crippen LogP contribution in [0.15, 0.2) is 72.8 Å². The number of nitro benzene ring substituents is 1. The van der Waals surface area contributed by atoms with Crippen LogP contribution >= 0.6 is 0 Å². The van der Waals surface area contributed by atoms with Crippen LogP contribution in [0, 0.1) is 10.1 Å². The molecule has 10 heteroatoms. The van der Waals surface area contributed by atoms with E-state index in [4.69, 9.17) is 9.47 Å². The molecule has 3 aromatic carbocycles. The van der Waals surface area contributed by atoms with Gasteiger partial charge in [-0.2, -0.15) is 0 Å². The predicted octanol–water partition coefficient (Wildman–Crippen LogP) is 4.81. The predicted molar refractivity (Wildman–Crippen MR) is 138 cm³/mol. The van der Waals surface area contributed by atoms with Crippen molar-refractivity contribution >= 4 is 35.2 Å². The molecule has 38 heavy (non-hydrogen) atoms. The SMILES string of the molecule is O=C(/C=C/c1ccc([N+](=O)[O-])cc1)Nc1cccc(Oc2ccc3c(c2)C(=O)N(CC2CCCO2)C3=O)c1. The third-order valence-corrected chi connectivity index (χ3v) is 6.22. The first-order valence-electron chi connectivity index (χ1n) is 12.0. The highest BCUT2D eigenvalue weighted by atomic mass is 16.6. The minimum atomic E-state index is -0.489. The number of nitrogens with zero attached hydrogens (tertiary/aromatic N) is 2. The van der Waals surface area contributed by atoms with Gasteiger partial charge in [-0.3, -0.25) is 29.4 Å². The van der Waals surface area contributed by atoms with Crippen molar-refractivity contribution in [3.63, 3.8) is 0 Å². The Morgan fingerprint density at radius 3 is 2.55 bits per heavy atom. The molecule has 1 fully saturated rings. The Hall–Kier alpha value is -4.83. The van der Waals surface area contributed by atoms with E-state index in [-0.39, 0.29) is 35.7 Å². The van der Waals surface area contributed by atoms with Crippen LogP contribution in [0.5, 0.6) is 11.5 Å². The largest absolute Gasteiger partial charge is 0.457 e. The summed E-state index contributed by atoms with van der Waals surface area (Å²) in [6.07, 6.45) is 4.47. The molecule has 2 aliphatic rings. The molecule has 2 aliphatic heterocycles. The number of imide groups is 1. The molecule has 1 saturated heterocycles. The molecular weight excluding hydrogens is 490 g/mol. The van der Waals surface area contributed by atoms with Gasteiger partial charge in [0.15, 0.2) is 0 Å². The van der Waals surface area contributed by atoms with E-state index in [2.05, 4.69) is 5.32 Å². The van der Waals surface area contributed by atoms with Gasteiger partial charge in [-0.1, -0.05) is 6.07 Å². The summed E-state index contributed by atoms with van der Waals surface area (Å²) >= 11 is 0. The Bertz CT molecular complexity index is 1440. The quantitative estimate of drug-likeness (QED) is 0.198. The van der Waals surface area contributed by atoms with Crippen molar-refractivity contribution in [1.82, 2.24) is 4.90 Å². The van der Waals surface area contributed by atoms with Crippen molar-refractivity contribution in [2.24, 2.45) is 0 Å². The number of benzene rings is 3. The van der Waals surface area contributed by atoms with Crippen LogP contribution in [0.25, 0.3) is 6.08 Å². The van der Waals surface area contributed by atoms with Crippen molar-refractivity contribution in [3.8, 4) is 11.5 Å². The highest BCUT2D eigenvalue weighted by molar-refractivity contribution is 6.21. The van der Waals surface area contributed by atoms with Gasteiger partial charge in [-0.15, -0.1) is 0 Å². The smallest absolute Gasteiger partial charge is 0.269 e. The summed E-state index contributed by atoms with van der Waals surface area (Å²) in [5.74, 6) is -0.292. The monoisotopic (exact) mass is 513 g/mol. The Morgan fingerprint density at radius 2 is 1.82 bits per heavy atom. The number of ether oxygens (including phenoxy) is 2. The van der Waals surface area contributed by atoms with Gasteiger partial charge in [0.25, 0.3) is 17.5 Å². The Kier molecular flexibility index (Phi) is 6.96. The third kappa shape index (κ3) is 5.45. The number of hydrogen-bond donors (Lipinski definition) is 1. The summed E-state index contributed by atoms with van der Waals surface area (Å²) in [6, 6.07) is 17.3. The lowest BCUT2D eigenvalue weighted by Crippen LogP contribution is -2.36. The second-order valence-electron chi connectivity index (χ2n) is 8.86. The fourth-order valence-electron chi connectivity index (χ4n) is 4.33. The number of carbonyl (C=O) groups excluding carboxylic acids is 3. The van der Waals surface area contributed by atoms with E-state index in [9.17, 15) is 24.5 Å². The maximum atomic E-state index is 12.9. The lowest BCUT2D eigenvalue weighted by molar-refractivity contribution is -0.384. The van der Waals surface area contributed by atoms with Crippen LogP contribution in [-0.4, -0.2) is 46.8 Å². The van der Waals surface area contributed by atoms with Gasteiger partial charge in [0, 0.05) is 36.6 Å². The van der Waals surface area contributed by atoms with Crippen LogP contribution in [0.1, 0.15) is 39.1 Å². The topological polar surface area (TPSA) is 128 Å². The fourth-order valence-corrected chi connectivity index (χ4v) is 4.33. The van der Waals surface area contributed by atoms with Gasteiger partial charge in [-0.05, 0) is 66.9 Å². The van der Waals surface area contributed by atoms with E-state index in [0.717, 1.165) is 12.8 Å². The molecule has 1 unspecified atom stereocenters. The Labute approximate surface area is 217 Å². The molecule has 0 spiro atoms. The highest BCUT2D eigenvalue weighted by Gasteiger charge is 2.37. The molecule has 0 bridgehead atoms. The number of amides is 3. The molecule has 1 N–H and O–H groups in total. The lowest BCUT2D eigenvalue weighted by atomic mass is 10.1. The standard InChI is InChI=1S/C28H23N3O7/c32-26(13-8-18-6-9-20(10-7-18)31(35)36)29-19-3-1-4-21(15-19)38-22-11-12-24-25(16-22)28(34)30(27(24)33)17-23-5-2-14-37-23/h1,3-4,6-13,15-16,23H,2,5,14,17H2,(H,29,32)/b13-8+. The van der Waals surface area contributed by atoms with Crippen molar-refractivity contribution in [1.29, 1.82) is 0 Å². The van der Waals surface area contributed by atoms with E-state index in [0.29, 0.717) is 34.9 Å². The molecule has 5 rings (SSSR count). The van der Waals surface area contributed by atoms with E-state index < -0.39 is 10.8 Å². The number of carbonyl (C=O) groups is 3. The maximum absolute atomic E-state index is 12.9. The van der Waals surface area contributed by atoms with Crippen LogP contribution in [0.4, 0.5) is 11.4 Å². The first-order valence-corrected chi connectivity index (χ1v) is 12.0. The first kappa shape index (κ1) is 24.8. The second kappa shape index (κ2) is 10.7. The zero-order chi connectivity index (χ0) is 26.6. The zero-order valence-electron chi connectivity index (χ0n) is 20.2. The molecule has 2 heterocycles. The van der Waals surface area contributed by atoms with E-state index in [1.165, 1.54) is 23.1 Å². The minimum Gasteiger partial charge on any atom is -0.457 e. The van der Waals surface area contributed by atoms with E-state index in [1.807, 2.05) is 0 Å². The van der Waals surface area contributed by atoms with Crippen molar-refractivity contribution < 1.29 is 28.8 Å². The highest BCUT2D eigenvalue weighted by Crippen LogP contribution is 2.31. The van der Waals surface area contributed by atoms with Gasteiger partial charge in [0.2, 0.25) is 5.91 Å². The Morgan fingerprint density at radius 1 is 1.05 bits per heavy atom. The average molecular weight is 514 g/mol. The summed E-state index contributed by atoms with van der Waals surface area (Å²) in [6.45, 7) is 0.879. The summed E-state index contributed by atoms with van der Waals surface area (Å²) in [4.78, 5) is 49.5. The molecular formula is C28H23N3O7. The fraction of sp³-hybridized carbons (Fsp3) is 0.179. The Balaban J connectivity index is 1.22. The number of fused-ring (bicyclic) bond motifs is 1. The number of non-ortho nitro benzene ring substituents is 1. The zero-order valence-corrected chi connectivity index (χ0v) is 20.2. The van der Waals surface area contributed by atoms with Gasteiger partial charge in [-0.25, -0.2) is 0 Å². The molecule has 0 saturated carbocycles. The summed E-state index contributed by atoms with van der Waals surface area (Å²) < 4.78 is 11.5. The van der Waals surface area contributed by atoms with Gasteiger partial charge in [0.1, 0.15) is 11.5 Å². The molecule has 192 valence electrons. The van der Waals surface area contributed by atoms with E-state index in [1.54, 1.807) is 60.7 Å². The maximum Gasteiger partial charge on any atom is 0.269 e. The summed E-state index contributed by atoms with van der Waals surface area (Å²) in [5.41, 5.74) is 1.71. The third-order valence-electron chi connectivity index (χ3n) is 6.22. The van der Waals surface area contributed by atoms with Crippen molar-refractivity contribution in [2.45, 2.75) is 18.9 Å². The molecule has 3 aromatic rings. The minimum absolute atomic E-state index is 0.0289. The van der Waals surface area contributed by atoms with Gasteiger partial charge < -0.3 is 14.8 Å². The molecule has 3 amide bonds. The molecule has 0 radical (unpaired) electrons.